The Morgan fingerprint density at radius 3 is 2.65 bits per heavy atom. The Morgan fingerprint density at radius 1 is 0.941 bits per heavy atom. The van der Waals surface area contributed by atoms with Crippen LogP contribution in [0.3, 0.4) is 0 Å². The molecule has 3 nitrogen and oxygen atoms in total. The molecule has 6 rings (SSSR count). The van der Waals surface area contributed by atoms with Crippen LogP contribution in [0.15, 0.2) is 91.4 Å². The number of pyridine rings is 1. The molecule has 0 saturated carbocycles. The summed E-state index contributed by atoms with van der Waals surface area (Å²) in [6.07, 6.45) is 6.86. The van der Waals surface area contributed by atoms with Gasteiger partial charge in [0.1, 0.15) is 0 Å². The van der Waals surface area contributed by atoms with Crippen LogP contribution in [0.2, 0.25) is 0 Å². The van der Waals surface area contributed by atoms with Crippen molar-refractivity contribution in [2.75, 3.05) is 6.54 Å². The van der Waals surface area contributed by atoms with Gasteiger partial charge in [0, 0.05) is 12.7 Å². The summed E-state index contributed by atoms with van der Waals surface area (Å²) in [5, 5.41) is 4.41. The summed E-state index contributed by atoms with van der Waals surface area (Å²) in [4.78, 5) is 6.36. The van der Waals surface area contributed by atoms with Gasteiger partial charge in [-0.25, -0.2) is 4.39 Å². The van der Waals surface area contributed by atoms with Crippen LogP contribution in [-0.2, 0) is 26.5 Å². The third-order valence-corrected chi connectivity index (χ3v) is 5.69. The number of benzene rings is 3. The van der Waals surface area contributed by atoms with Crippen LogP contribution in [-0.4, -0.2) is 16.4 Å². The van der Waals surface area contributed by atoms with Gasteiger partial charge in [-0.1, -0.05) is 48.4 Å². The molecule has 3 aromatic carbocycles. The van der Waals surface area contributed by atoms with Gasteiger partial charge in [-0.2, -0.15) is 41.6 Å². The van der Waals surface area contributed by atoms with E-state index in [4.69, 9.17) is 0 Å². The third kappa shape index (κ3) is 4.93. The Labute approximate surface area is 211 Å². The first-order valence-electron chi connectivity index (χ1n) is 10.7. The van der Waals surface area contributed by atoms with Gasteiger partial charge in [-0.05, 0) is 35.3 Å². The predicted molar refractivity (Wildman–Crippen MR) is 125 cm³/mol. The fraction of sp³-hybridized carbons (Fsp3) is 0.107. The van der Waals surface area contributed by atoms with Crippen molar-refractivity contribution in [1.29, 1.82) is 0 Å². The molecule has 4 aromatic rings. The summed E-state index contributed by atoms with van der Waals surface area (Å²) < 4.78 is 27.0. The molecule has 2 aliphatic rings. The fourth-order valence-electron chi connectivity index (χ4n) is 4.02. The van der Waals surface area contributed by atoms with Gasteiger partial charge in [-0.3, -0.25) is 4.39 Å². The van der Waals surface area contributed by atoms with E-state index in [9.17, 15) is 8.78 Å². The summed E-state index contributed by atoms with van der Waals surface area (Å²) >= 11 is 0. The van der Waals surface area contributed by atoms with E-state index in [1.54, 1.807) is 12.3 Å². The zero-order valence-electron chi connectivity index (χ0n) is 18.1. The van der Waals surface area contributed by atoms with E-state index in [1.807, 2.05) is 48.7 Å². The molecule has 1 aromatic heterocycles. The first-order chi connectivity index (χ1) is 16.2. The van der Waals surface area contributed by atoms with Crippen LogP contribution < -0.4 is 0 Å². The summed E-state index contributed by atoms with van der Waals surface area (Å²) in [5.74, 6) is -1.82. The third-order valence-electron chi connectivity index (χ3n) is 5.69. The van der Waals surface area contributed by atoms with Crippen LogP contribution in [0.25, 0.3) is 27.7 Å². The largest absolute Gasteiger partial charge is 3.00 e. The second kappa shape index (κ2) is 10.7. The van der Waals surface area contributed by atoms with Crippen LogP contribution in [0.5, 0.6) is 0 Å². The molecule has 6 heteroatoms. The molecule has 0 aliphatic carbocycles. The second-order valence-corrected chi connectivity index (χ2v) is 7.73. The SMILES string of the molecule is Fc1cc[c-]c(-c2cc(-c3ccccc3)ccn2)c1F.[Ir+3].[c-]1cccc2c1C1[N-]C=CN1CC2. The topological polar surface area (TPSA) is 30.2 Å². The molecule has 170 valence electrons. The molecule has 2 aliphatic heterocycles. The van der Waals surface area contributed by atoms with Gasteiger partial charge in [-0.15, -0.1) is 18.2 Å². The molecule has 0 saturated heterocycles. The molecular formula is C28H20F2IrN3. The Morgan fingerprint density at radius 2 is 1.79 bits per heavy atom. The van der Waals surface area contributed by atoms with Gasteiger partial charge in [0.25, 0.3) is 0 Å². The monoisotopic (exact) mass is 629 g/mol. The van der Waals surface area contributed by atoms with Crippen LogP contribution >= 0.6 is 0 Å². The van der Waals surface area contributed by atoms with Gasteiger partial charge in [0.15, 0.2) is 0 Å². The maximum atomic E-state index is 13.8. The first kappa shape index (κ1) is 23.8. The van der Waals surface area contributed by atoms with E-state index in [2.05, 4.69) is 45.7 Å². The predicted octanol–water partition coefficient (Wildman–Crippen LogP) is 6.69. The van der Waals surface area contributed by atoms with Gasteiger partial charge in [0.2, 0.25) is 0 Å². The van der Waals surface area contributed by atoms with E-state index in [0.717, 1.165) is 30.2 Å². The Kier molecular flexibility index (Phi) is 7.51. The van der Waals surface area contributed by atoms with E-state index < -0.39 is 11.6 Å². The minimum absolute atomic E-state index is 0. The Bertz CT molecular complexity index is 1290. The number of hydrogen-bond donors (Lipinski definition) is 0. The molecule has 0 radical (unpaired) electrons. The van der Waals surface area contributed by atoms with Crippen molar-refractivity contribution >= 4 is 0 Å². The molecule has 1 atom stereocenters. The van der Waals surface area contributed by atoms with E-state index in [1.165, 1.54) is 17.2 Å². The number of nitrogens with zero attached hydrogens (tertiary/aromatic N) is 3. The average molecular weight is 629 g/mol. The molecule has 0 N–H and O–H groups in total. The summed E-state index contributed by atoms with van der Waals surface area (Å²) in [7, 11) is 0. The first-order valence-corrected chi connectivity index (χ1v) is 10.7. The van der Waals surface area contributed by atoms with Crippen molar-refractivity contribution in [2.45, 2.75) is 12.6 Å². The van der Waals surface area contributed by atoms with E-state index in [-0.39, 0.29) is 31.8 Å². The maximum Gasteiger partial charge on any atom is 3.00 e. The minimum atomic E-state index is -0.926. The molecule has 0 spiro atoms. The molecule has 0 bridgehead atoms. The number of rotatable bonds is 2. The number of hydrogen-bond acceptors (Lipinski definition) is 2. The van der Waals surface area contributed by atoms with Crippen molar-refractivity contribution in [3.05, 3.63) is 132 Å². The van der Waals surface area contributed by atoms with Crippen molar-refractivity contribution < 1.29 is 28.9 Å². The molecular weight excluding hydrogens is 609 g/mol. The zero-order valence-corrected chi connectivity index (χ0v) is 20.5. The van der Waals surface area contributed by atoms with E-state index in [0.29, 0.717) is 5.69 Å². The van der Waals surface area contributed by atoms with Crippen molar-refractivity contribution in [3.8, 4) is 22.4 Å². The van der Waals surface area contributed by atoms with Gasteiger partial charge in [0.05, 0.1) is 11.6 Å². The second-order valence-electron chi connectivity index (χ2n) is 7.73. The summed E-state index contributed by atoms with van der Waals surface area (Å²) in [6.45, 7) is 1.08. The minimum Gasteiger partial charge on any atom is -0.668 e. The van der Waals surface area contributed by atoms with Crippen molar-refractivity contribution in [3.63, 3.8) is 0 Å². The van der Waals surface area contributed by atoms with E-state index >= 15 is 0 Å². The number of aromatic nitrogens is 1. The van der Waals surface area contributed by atoms with Crippen LogP contribution in [0, 0.1) is 23.8 Å². The van der Waals surface area contributed by atoms with Crippen LogP contribution in [0.4, 0.5) is 8.78 Å². The normalized spacial score (nSPS) is 15.2. The molecule has 0 fully saturated rings. The fourth-order valence-corrected chi connectivity index (χ4v) is 4.02. The van der Waals surface area contributed by atoms with Gasteiger partial charge >= 0.3 is 20.1 Å². The standard InChI is InChI=1S/C17H10F2N.C11H10N2.Ir/c18-15-8-4-7-14(17(15)19)16-11-13(9-10-20-16)12-5-2-1-3-6-12;1-2-4-10-9(3-1)5-7-13-8-6-12-11(10)13;/h1-6,8-11H;1-3,6,8,11H,5,7H2;/q-1;-2;+3. The Balaban J connectivity index is 0.000000169. The average Bonchev–Trinajstić information content (AvgIpc) is 3.36. The van der Waals surface area contributed by atoms with Gasteiger partial charge < -0.3 is 15.2 Å². The molecule has 0 amide bonds. The summed E-state index contributed by atoms with van der Waals surface area (Å²) in [6, 6.07) is 27.8. The molecule has 3 heterocycles. The summed E-state index contributed by atoms with van der Waals surface area (Å²) in [5.41, 5.74) is 4.95. The van der Waals surface area contributed by atoms with Crippen LogP contribution in [0.1, 0.15) is 17.3 Å². The molecule has 1 unspecified atom stereocenters. The Hall–Kier alpha value is -3.34. The maximum absolute atomic E-state index is 13.8. The quantitative estimate of drug-likeness (QED) is 0.232. The molecule has 34 heavy (non-hydrogen) atoms. The van der Waals surface area contributed by atoms with Crippen molar-refractivity contribution in [2.24, 2.45) is 0 Å². The smallest absolute Gasteiger partial charge is 0.668 e. The number of halogens is 2. The number of fused-ring (bicyclic) bond motifs is 3. The van der Waals surface area contributed by atoms with Crippen molar-refractivity contribution in [1.82, 2.24) is 9.88 Å². The zero-order chi connectivity index (χ0) is 22.6.